The van der Waals surface area contributed by atoms with Crippen LogP contribution < -0.4 is 25.4 Å². The molecule has 0 aliphatic carbocycles. The molecule has 0 aromatic heterocycles. The Morgan fingerprint density at radius 1 is 0.792 bits per heavy atom. The lowest BCUT2D eigenvalue weighted by Gasteiger charge is -2.25. The van der Waals surface area contributed by atoms with Crippen molar-refractivity contribution in [2.24, 2.45) is 0 Å². The van der Waals surface area contributed by atoms with E-state index in [4.69, 9.17) is 4.74 Å². The molecule has 4 rings (SSSR count). The highest BCUT2D eigenvalue weighted by atomic mass is 32.2. The predicted octanol–water partition coefficient (Wildman–Crippen LogP) is 4.83. The first-order valence-corrected chi connectivity index (χ1v) is 17.7. The molecule has 0 spiro atoms. The van der Waals surface area contributed by atoms with Gasteiger partial charge in [0.25, 0.3) is 11.8 Å². The van der Waals surface area contributed by atoms with Gasteiger partial charge in [0.05, 0.1) is 36.2 Å². The molecule has 4 aromatic rings. The largest absolute Gasteiger partial charge is 0.494 e. The fraction of sp³-hybridized carbons (Fsp3) is 0.297. The molecular weight excluding hydrogens is 628 g/mol. The molecule has 0 saturated carbocycles. The van der Waals surface area contributed by atoms with Crippen LogP contribution in [0.2, 0.25) is 0 Å². The number of nitrogens with one attached hydrogen (secondary N) is 4. The van der Waals surface area contributed by atoms with Gasteiger partial charge >= 0.3 is 0 Å². The van der Waals surface area contributed by atoms with Crippen LogP contribution in [-0.2, 0) is 23.0 Å². The number of benzene rings is 4. The van der Waals surface area contributed by atoms with Crippen LogP contribution in [-0.4, -0.2) is 56.4 Å². The summed E-state index contributed by atoms with van der Waals surface area (Å²) in [7, 11) is -3.71. The van der Waals surface area contributed by atoms with Crippen LogP contribution in [0.25, 0.3) is 0 Å². The van der Waals surface area contributed by atoms with Gasteiger partial charge in [-0.25, -0.2) is 8.42 Å². The number of carbonyl (C=O) groups is 2. The number of rotatable bonds is 17. The Kier molecular flexibility index (Phi) is 13.1. The van der Waals surface area contributed by atoms with Crippen molar-refractivity contribution >= 4 is 27.5 Å². The minimum atomic E-state index is -3.71. The molecule has 0 aliphatic heterocycles. The first-order chi connectivity index (χ1) is 23.1. The third-order valence-corrected chi connectivity index (χ3v) is 9.04. The first kappa shape index (κ1) is 36.1. The van der Waals surface area contributed by atoms with E-state index in [0.717, 1.165) is 22.4 Å². The van der Waals surface area contributed by atoms with Crippen LogP contribution in [0.3, 0.4) is 0 Å². The number of hydrogen-bond acceptors (Lipinski definition) is 7. The van der Waals surface area contributed by atoms with Gasteiger partial charge < -0.3 is 25.8 Å². The van der Waals surface area contributed by atoms with Gasteiger partial charge in [-0.1, -0.05) is 72.8 Å². The van der Waals surface area contributed by atoms with Gasteiger partial charge in [0.1, 0.15) is 5.75 Å². The van der Waals surface area contributed by atoms with Crippen molar-refractivity contribution in [3.05, 3.63) is 131 Å². The van der Waals surface area contributed by atoms with Gasteiger partial charge in [-0.2, -0.15) is 0 Å². The monoisotopic (exact) mass is 672 g/mol. The summed E-state index contributed by atoms with van der Waals surface area (Å²) in [6.07, 6.45) is -0.653. The van der Waals surface area contributed by atoms with Crippen LogP contribution in [0.4, 0.5) is 5.69 Å². The Labute approximate surface area is 283 Å². The molecule has 0 heterocycles. The first-order valence-electron chi connectivity index (χ1n) is 16.0. The van der Waals surface area contributed by atoms with E-state index in [1.54, 1.807) is 0 Å². The maximum atomic E-state index is 13.8. The number of amides is 2. The normalized spacial score (nSPS) is 13.2. The highest BCUT2D eigenvalue weighted by molar-refractivity contribution is 7.92. The van der Waals surface area contributed by atoms with E-state index in [-0.39, 0.29) is 35.2 Å². The highest BCUT2D eigenvalue weighted by Crippen LogP contribution is 2.20. The Bertz CT molecular complexity index is 1750. The third-order valence-electron chi connectivity index (χ3n) is 7.73. The highest BCUT2D eigenvalue weighted by Gasteiger charge is 2.24. The molecular formula is C37H44N4O6S. The summed E-state index contributed by atoms with van der Waals surface area (Å²) in [5.74, 6) is -0.472. The number of ether oxygens (including phenoxy) is 1. The number of carbonyl (C=O) groups excluding carboxylic acids is 2. The standard InChI is InChI=1S/C37H44N4O6S/c1-4-47-33-18-12-15-28(19-33)24-38-25-35(42)34(20-27-13-8-6-9-14-27)40-37(44)31-21-30(22-32(23-31)41-48(45,46)5-2)36(43)39-26(3)29-16-10-7-11-17-29/h6-19,21-23,26,34-35,38,41-42H,4-5,20,24-25H2,1-3H3,(H,39,43)(H,40,44)/t26-,34+,35-/m1/s1. The average molecular weight is 673 g/mol. The van der Waals surface area contributed by atoms with Crippen molar-refractivity contribution in [1.82, 2.24) is 16.0 Å². The number of hydrogen-bond donors (Lipinski definition) is 5. The summed E-state index contributed by atoms with van der Waals surface area (Å²) < 4.78 is 33.0. The fourth-order valence-electron chi connectivity index (χ4n) is 5.13. The van der Waals surface area contributed by atoms with E-state index < -0.39 is 34.0 Å². The second kappa shape index (κ2) is 17.4. The topological polar surface area (TPSA) is 146 Å². The zero-order chi connectivity index (χ0) is 34.5. The zero-order valence-corrected chi connectivity index (χ0v) is 28.3. The molecule has 5 N–H and O–H groups in total. The van der Waals surface area contributed by atoms with E-state index in [0.29, 0.717) is 19.6 Å². The second-order valence-electron chi connectivity index (χ2n) is 11.5. The Balaban J connectivity index is 1.55. The molecule has 11 heteroatoms. The molecule has 0 saturated heterocycles. The van der Waals surface area contributed by atoms with Crippen LogP contribution in [0.15, 0.2) is 103 Å². The third kappa shape index (κ3) is 10.9. The predicted molar refractivity (Wildman–Crippen MR) is 189 cm³/mol. The lowest BCUT2D eigenvalue weighted by molar-refractivity contribution is 0.0830. The lowest BCUT2D eigenvalue weighted by atomic mass is 10.00. The number of aliphatic hydroxyl groups is 1. The zero-order valence-electron chi connectivity index (χ0n) is 27.5. The summed E-state index contributed by atoms with van der Waals surface area (Å²) in [6, 6.07) is 29.7. The van der Waals surface area contributed by atoms with E-state index in [1.165, 1.54) is 25.1 Å². The maximum absolute atomic E-state index is 13.8. The fourth-order valence-corrected chi connectivity index (χ4v) is 5.75. The molecule has 10 nitrogen and oxygen atoms in total. The second-order valence-corrected chi connectivity index (χ2v) is 13.5. The molecule has 3 atom stereocenters. The molecule has 0 fully saturated rings. The summed E-state index contributed by atoms with van der Waals surface area (Å²) in [5.41, 5.74) is 3.03. The molecule has 2 amide bonds. The van der Waals surface area contributed by atoms with E-state index >= 15 is 0 Å². The van der Waals surface area contributed by atoms with Crippen molar-refractivity contribution in [3.63, 3.8) is 0 Å². The summed E-state index contributed by atoms with van der Waals surface area (Å²) in [5, 5.41) is 20.4. The molecule has 4 aromatic carbocycles. The van der Waals surface area contributed by atoms with Gasteiger partial charge in [0.2, 0.25) is 10.0 Å². The Hall–Kier alpha value is -4.71. The Morgan fingerprint density at radius 2 is 1.42 bits per heavy atom. The minimum absolute atomic E-state index is 0.0646. The van der Waals surface area contributed by atoms with Crippen LogP contribution in [0.5, 0.6) is 5.75 Å². The molecule has 254 valence electrons. The summed E-state index contributed by atoms with van der Waals surface area (Å²) >= 11 is 0. The van der Waals surface area contributed by atoms with Gasteiger partial charge in [-0.3, -0.25) is 14.3 Å². The van der Waals surface area contributed by atoms with E-state index in [9.17, 15) is 23.1 Å². The number of sulfonamides is 1. The van der Waals surface area contributed by atoms with Crippen molar-refractivity contribution < 1.29 is 27.9 Å². The van der Waals surface area contributed by atoms with Crippen molar-refractivity contribution in [1.29, 1.82) is 0 Å². The van der Waals surface area contributed by atoms with Crippen LogP contribution in [0.1, 0.15) is 64.2 Å². The van der Waals surface area contributed by atoms with Crippen LogP contribution in [0, 0.1) is 0 Å². The summed E-state index contributed by atoms with van der Waals surface area (Å²) in [4.78, 5) is 27.2. The van der Waals surface area contributed by atoms with Gasteiger partial charge in [-0.15, -0.1) is 0 Å². The van der Waals surface area contributed by atoms with Gasteiger partial charge in [-0.05, 0) is 74.2 Å². The average Bonchev–Trinajstić information content (AvgIpc) is 3.08. The van der Waals surface area contributed by atoms with E-state index in [1.807, 2.05) is 98.8 Å². The van der Waals surface area contributed by atoms with Gasteiger partial charge in [0, 0.05) is 24.2 Å². The molecule has 0 radical (unpaired) electrons. The summed E-state index contributed by atoms with van der Waals surface area (Å²) in [6.45, 7) is 6.46. The SMILES string of the molecule is CCOc1cccc(CNC[C@@H](O)[C@H](Cc2ccccc2)NC(=O)c2cc(NS(=O)(=O)CC)cc(C(=O)N[C@H](C)c3ccccc3)c2)c1. The van der Waals surface area contributed by atoms with E-state index in [2.05, 4.69) is 20.7 Å². The quantitative estimate of drug-likeness (QED) is 0.108. The minimum Gasteiger partial charge on any atom is -0.494 e. The van der Waals surface area contributed by atoms with Crippen molar-refractivity contribution in [2.45, 2.75) is 51.9 Å². The smallest absolute Gasteiger partial charge is 0.251 e. The molecule has 0 aliphatic rings. The molecule has 0 bridgehead atoms. The number of aliphatic hydroxyl groups excluding tert-OH is 1. The molecule has 48 heavy (non-hydrogen) atoms. The van der Waals surface area contributed by atoms with Crippen LogP contribution >= 0.6 is 0 Å². The van der Waals surface area contributed by atoms with Crippen molar-refractivity contribution in [2.75, 3.05) is 23.6 Å². The Morgan fingerprint density at radius 3 is 2.06 bits per heavy atom. The van der Waals surface area contributed by atoms with Crippen molar-refractivity contribution in [3.8, 4) is 5.75 Å². The maximum Gasteiger partial charge on any atom is 0.251 e. The lowest BCUT2D eigenvalue weighted by Crippen LogP contribution is -2.48. The van der Waals surface area contributed by atoms with Gasteiger partial charge in [0.15, 0.2) is 0 Å². The molecule has 0 unspecified atom stereocenters. The number of anilines is 1.